The van der Waals surface area contributed by atoms with Gasteiger partial charge in [-0.3, -0.25) is 4.90 Å². The predicted octanol–water partition coefficient (Wildman–Crippen LogP) is 13.8. The first-order valence-corrected chi connectivity index (χ1v) is 19.0. The van der Waals surface area contributed by atoms with E-state index in [1.807, 2.05) is 11.3 Å². The van der Waals surface area contributed by atoms with Gasteiger partial charge in [0.05, 0.1) is 16.9 Å². The van der Waals surface area contributed by atoms with E-state index in [9.17, 15) is 0 Å². The zero-order chi connectivity index (χ0) is 34.9. The maximum absolute atomic E-state index is 5.38. The normalized spacial score (nSPS) is 14.8. The SMILES string of the molecule is CC1(C)c2ccccc2-c2cc3c(cc21)-c1c(cc(N(c2ccc4ccccc4n2)c2cccc4sc5ccccc5c24)c2ccccc12)C3(C)C. The number of hydrogen-bond acceptors (Lipinski definition) is 3. The number of anilines is 3. The number of fused-ring (bicyclic) bond motifs is 12. The Labute approximate surface area is 307 Å². The number of rotatable bonds is 3. The van der Waals surface area contributed by atoms with Crippen molar-refractivity contribution in [2.24, 2.45) is 0 Å². The Morgan fingerprint density at radius 3 is 2.04 bits per heavy atom. The van der Waals surface area contributed by atoms with E-state index in [2.05, 4.69) is 178 Å². The molecule has 2 heterocycles. The van der Waals surface area contributed by atoms with E-state index >= 15 is 0 Å². The van der Waals surface area contributed by atoms with Gasteiger partial charge in [-0.05, 0) is 104 Å². The Morgan fingerprint density at radius 1 is 0.481 bits per heavy atom. The molecule has 0 radical (unpaired) electrons. The number of aromatic nitrogens is 1. The first-order valence-electron chi connectivity index (χ1n) is 18.2. The predicted molar refractivity (Wildman–Crippen MR) is 222 cm³/mol. The van der Waals surface area contributed by atoms with E-state index in [0.717, 1.165) is 28.1 Å². The molecule has 3 heteroatoms. The summed E-state index contributed by atoms with van der Waals surface area (Å²) < 4.78 is 2.57. The molecule has 0 bridgehead atoms. The van der Waals surface area contributed by atoms with Crippen molar-refractivity contribution < 1.29 is 0 Å². The summed E-state index contributed by atoms with van der Waals surface area (Å²) in [6.07, 6.45) is 0. The highest BCUT2D eigenvalue weighted by molar-refractivity contribution is 7.26. The highest BCUT2D eigenvalue weighted by Crippen LogP contribution is 2.59. The average Bonchev–Trinajstić information content (AvgIpc) is 3.74. The Bertz CT molecular complexity index is 2980. The minimum absolute atomic E-state index is 0.0653. The lowest BCUT2D eigenvalue weighted by Crippen LogP contribution is -2.18. The number of pyridine rings is 1. The molecule has 2 nitrogen and oxygen atoms in total. The molecule has 0 N–H and O–H groups in total. The molecule has 0 saturated heterocycles. The molecule has 9 aromatic rings. The van der Waals surface area contributed by atoms with E-state index in [-0.39, 0.29) is 10.8 Å². The molecule has 0 aliphatic heterocycles. The number of nitrogens with zero attached hydrogens (tertiary/aromatic N) is 2. The van der Waals surface area contributed by atoms with Crippen molar-refractivity contribution in [3.63, 3.8) is 0 Å². The lowest BCUT2D eigenvalue weighted by atomic mass is 9.79. The van der Waals surface area contributed by atoms with Crippen LogP contribution in [0.4, 0.5) is 17.2 Å². The molecular weight excluding hydrogens is 649 g/mol. The molecule has 11 rings (SSSR count). The van der Waals surface area contributed by atoms with Gasteiger partial charge in [-0.15, -0.1) is 11.3 Å². The zero-order valence-corrected chi connectivity index (χ0v) is 30.5. The molecule has 248 valence electrons. The number of hydrogen-bond donors (Lipinski definition) is 0. The third kappa shape index (κ3) is 3.92. The molecule has 0 saturated carbocycles. The summed E-state index contributed by atoms with van der Waals surface area (Å²) in [5.41, 5.74) is 14.1. The molecule has 2 aromatic heterocycles. The smallest absolute Gasteiger partial charge is 0.138 e. The number of thiophene rings is 1. The third-order valence-corrected chi connectivity index (χ3v) is 13.2. The van der Waals surface area contributed by atoms with Crippen LogP contribution in [0.25, 0.3) is 64.1 Å². The van der Waals surface area contributed by atoms with Crippen molar-refractivity contribution >= 4 is 70.4 Å². The Morgan fingerprint density at radius 2 is 1.15 bits per heavy atom. The van der Waals surface area contributed by atoms with Crippen LogP contribution in [0.3, 0.4) is 0 Å². The second-order valence-electron chi connectivity index (χ2n) is 15.5. The maximum atomic E-state index is 5.38. The van der Waals surface area contributed by atoms with Crippen LogP contribution in [-0.2, 0) is 10.8 Å². The highest BCUT2D eigenvalue weighted by Gasteiger charge is 2.43. The standard InChI is InChI=1S/C49H36N2S/c1-48(2)36-19-10-8-15-30(36)34-26-38-35(27-37(34)48)46-32-17-7-6-16-31(32)42(28-39(46)49(38,3)4)51(45-25-24-29-14-5-11-20-40(29)50-45)41-21-13-23-44-47(41)33-18-9-12-22-43(33)52-44/h5-28H,1-4H3. The van der Waals surface area contributed by atoms with Crippen LogP contribution in [0, 0.1) is 0 Å². The van der Waals surface area contributed by atoms with Gasteiger partial charge < -0.3 is 0 Å². The van der Waals surface area contributed by atoms with Crippen molar-refractivity contribution in [2.75, 3.05) is 4.90 Å². The summed E-state index contributed by atoms with van der Waals surface area (Å²) in [5, 5.41) is 6.18. The van der Waals surface area contributed by atoms with Gasteiger partial charge in [0.1, 0.15) is 5.82 Å². The van der Waals surface area contributed by atoms with Crippen molar-refractivity contribution in [3.8, 4) is 22.3 Å². The quantitative estimate of drug-likeness (QED) is 0.184. The fourth-order valence-electron chi connectivity index (χ4n) is 9.44. The van der Waals surface area contributed by atoms with Crippen LogP contribution in [-0.4, -0.2) is 4.98 Å². The lowest BCUT2D eigenvalue weighted by molar-refractivity contribution is 0.652. The molecule has 0 amide bonds. The van der Waals surface area contributed by atoms with E-state index in [0.29, 0.717) is 0 Å². The van der Waals surface area contributed by atoms with Crippen LogP contribution in [0.5, 0.6) is 0 Å². The Hall–Kier alpha value is -5.77. The minimum Gasteiger partial charge on any atom is -0.294 e. The van der Waals surface area contributed by atoms with Gasteiger partial charge in [0, 0.05) is 41.8 Å². The molecule has 2 aliphatic carbocycles. The molecule has 0 atom stereocenters. The molecular formula is C49H36N2S. The van der Waals surface area contributed by atoms with E-state index in [4.69, 9.17) is 4.98 Å². The Kier molecular flexibility index (Phi) is 5.98. The second-order valence-corrected chi connectivity index (χ2v) is 16.6. The molecule has 52 heavy (non-hydrogen) atoms. The minimum atomic E-state index is -0.219. The van der Waals surface area contributed by atoms with Gasteiger partial charge in [-0.1, -0.05) is 119 Å². The van der Waals surface area contributed by atoms with Crippen LogP contribution in [0.15, 0.2) is 146 Å². The number of benzene rings is 7. The average molecular weight is 685 g/mol. The third-order valence-electron chi connectivity index (χ3n) is 12.0. The molecule has 0 fully saturated rings. The summed E-state index contributed by atoms with van der Waals surface area (Å²) in [7, 11) is 0. The van der Waals surface area contributed by atoms with Crippen LogP contribution < -0.4 is 4.90 Å². The molecule has 0 unspecified atom stereocenters. The van der Waals surface area contributed by atoms with Gasteiger partial charge in [0.2, 0.25) is 0 Å². The fourth-order valence-corrected chi connectivity index (χ4v) is 10.6. The number of para-hydroxylation sites is 1. The lowest BCUT2D eigenvalue weighted by Gasteiger charge is -2.30. The summed E-state index contributed by atoms with van der Waals surface area (Å²) in [5.74, 6) is 0.914. The van der Waals surface area contributed by atoms with Crippen molar-refractivity contribution in [3.05, 3.63) is 168 Å². The van der Waals surface area contributed by atoms with Crippen LogP contribution in [0.2, 0.25) is 0 Å². The first kappa shape index (κ1) is 29.9. The first-order chi connectivity index (χ1) is 25.3. The monoisotopic (exact) mass is 684 g/mol. The molecule has 0 spiro atoms. The maximum Gasteiger partial charge on any atom is 0.138 e. The van der Waals surface area contributed by atoms with Gasteiger partial charge in [0.15, 0.2) is 0 Å². The largest absolute Gasteiger partial charge is 0.294 e. The van der Waals surface area contributed by atoms with Gasteiger partial charge in [-0.2, -0.15) is 0 Å². The van der Waals surface area contributed by atoms with E-state index in [1.54, 1.807) is 0 Å². The topological polar surface area (TPSA) is 16.1 Å². The van der Waals surface area contributed by atoms with Gasteiger partial charge in [-0.25, -0.2) is 4.98 Å². The summed E-state index contributed by atoms with van der Waals surface area (Å²) in [4.78, 5) is 7.82. The van der Waals surface area contributed by atoms with E-state index in [1.165, 1.54) is 75.5 Å². The zero-order valence-electron chi connectivity index (χ0n) is 29.7. The van der Waals surface area contributed by atoms with E-state index < -0.39 is 0 Å². The summed E-state index contributed by atoms with van der Waals surface area (Å²) in [6.45, 7) is 9.60. The molecule has 7 aromatic carbocycles. The second kappa shape index (κ2) is 10.4. The fraction of sp³-hybridized carbons (Fsp3) is 0.122. The Balaban J connectivity index is 1.23. The van der Waals surface area contributed by atoms with Crippen LogP contribution in [0.1, 0.15) is 49.9 Å². The summed E-state index contributed by atoms with van der Waals surface area (Å²) >= 11 is 1.86. The highest BCUT2D eigenvalue weighted by atomic mass is 32.1. The van der Waals surface area contributed by atoms with Gasteiger partial charge >= 0.3 is 0 Å². The van der Waals surface area contributed by atoms with Gasteiger partial charge in [0.25, 0.3) is 0 Å². The van der Waals surface area contributed by atoms with Crippen molar-refractivity contribution in [1.29, 1.82) is 0 Å². The molecule has 2 aliphatic rings. The van der Waals surface area contributed by atoms with Crippen molar-refractivity contribution in [2.45, 2.75) is 38.5 Å². The summed E-state index contributed by atoms with van der Waals surface area (Å²) in [6, 6.07) is 54.0. The van der Waals surface area contributed by atoms with Crippen molar-refractivity contribution in [1.82, 2.24) is 4.98 Å². The van der Waals surface area contributed by atoms with Crippen LogP contribution >= 0.6 is 11.3 Å².